The molecule has 1 aromatic rings. The van der Waals surface area contributed by atoms with Gasteiger partial charge in [0.1, 0.15) is 0 Å². The molecule has 1 atom stereocenters. The number of rotatable bonds is 5. The Kier molecular flexibility index (Phi) is 5.45. The summed E-state index contributed by atoms with van der Waals surface area (Å²) in [5.74, 6) is -1.96. The van der Waals surface area contributed by atoms with Gasteiger partial charge in [-0.3, -0.25) is 0 Å². The van der Waals surface area contributed by atoms with Crippen molar-refractivity contribution in [2.24, 2.45) is 5.92 Å². The van der Waals surface area contributed by atoms with Crippen LogP contribution in [0.15, 0.2) is 24.3 Å². The summed E-state index contributed by atoms with van der Waals surface area (Å²) in [6.45, 7) is 0.00345. The molecule has 0 spiro atoms. The van der Waals surface area contributed by atoms with Gasteiger partial charge in [-0.25, -0.2) is 0 Å². The van der Waals surface area contributed by atoms with Gasteiger partial charge in [-0.05, 0) is 30.7 Å². The second kappa shape index (κ2) is 6.62. The third-order valence-electron chi connectivity index (χ3n) is 2.40. The number of alkyl halides is 3. The Balaban J connectivity index is 2.31. The first-order chi connectivity index (χ1) is 8.43. The lowest BCUT2D eigenvalue weighted by molar-refractivity contribution is -0.157. The van der Waals surface area contributed by atoms with Crippen LogP contribution >= 0.6 is 11.6 Å². The van der Waals surface area contributed by atoms with Gasteiger partial charge in [-0.1, -0.05) is 23.7 Å². The summed E-state index contributed by atoms with van der Waals surface area (Å²) >= 11 is 5.71. The van der Waals surface area contributed by atoms with Crippen molar-refractivity contribution < 1.29 is 13.2 Å². The minimum absolute atomic E-state index is 0.381. The summed E-state index contributed by atoms with van der Waals surface area (Å²) in [7, 11) is 0. The molecule has 0 radical (unpaired) electrons. The highest BCUT2D eigenvalue weighted by Gasteiger charge is 2.39. The average Bonchev–Trinajstić information content (AvgIpc) is 2.30. The molecule has 98 valence electrons. The molecule has 0 aliphatic carbocycles. The molecule has 1 rings (SSSR count). The zero-order valence-electron chi connectivity index (χ0n) is 9.47. The summed E-state index contributed by atoms with van der Waals surface area (Å²) in [5, 5.41) is 11.6. The van der Waals surface area contributed by atoms with E-state index in [1.54, 1.807) is 12.1 Å². The number of nitriles is 1. The lowest BCUT2D eigenvalue weighted by atomic mass is 10.1. The normalized spacial score (nSPS) is 13.1. The second-order valence-electron chi connectivity index (χ2n) is 3.80. The zero-order valence-corrected chi connectivity index (χ0v) is 10.2. The Hall–Kier alpha value is -1.25. The van der Waals surface area contributed by atoms with Gasteiger partial charge in [-0.2, -0.15) is 18.4 Å². The first-order valence-electron chi connectivity index (χ1n) is 5.35. The van der Waals surface area contributed by atoms with Crippen LogP contribution in [0.1, 0.15) is 5.56 Å². The summed E-state index contributed by atoms with van der Waals surface area (Å²) in [6, 6.07) is 8.33. The largest absolute Gasteiger partial charge is 0.405 e. The van der Waals surface area contributed by atoms with Crippen molar-refractivity contribution in [1.82, 2.24) is 5.32 Å². The van der Waals surface area contributed by atoms with E-state index in [0.29, 0.717) is 18.0 Å². The second-order valence-corrected chi connectivity index (χ2v) is 4.24. The van der Waals surface area contributed by atoms with E-state index in [4.69, 9.17) is 16.9 Å². The van der Waals surface area contributed by atoms with E-state index >= 15 is 0 Å². The fraction of sp³-hybridized carbons (Fsp3) is 0.417. The first-order valence-corrected chi connectivity index (χ1v) is 5.73. The molecule has 0 saturated carbocycles. The summed E-state index contributed by atoms with van der Waals surface area (Å²) in [4.78, 5) is 0. The molecule has 1 aromatic carbocycles. The molecule has 6 heteroatoms. The van der Waals surface area contributed by atoms with Gasteiger partial charge in [0.05, 0.1) is 6.07 Å². The van der Waals surface area contributed by atoms with Crippen molar-refractivity contribution in [2.75, 3.05) is 13.1 Å². The molecule has 1 unspecified atom stereocenters. The van der Waals surface area contributed by atoms with Crippen LogP contribution < -0.4 is 5.32 Å². The van der Waals surface area contributed by atoms with E-state index in [1.165, 1.54) is 6.07 Å². The first kappa shape index (κ1) is 14.8. The molecule has 0 aliphatic rings. The van der Waals surface area contributed by atoms with E-state index in [-0.39, 0.29) is 6.54 Å². The molecule has 2 nitrogen and oxygen atoms in total. The molecular formula is C12H12ClF3N2. The zero-order chi connectivity index (χ0) is 13.6. The number of nitrogens with one attached hydrogen (secondary N) is 1. The monoisotopic (exact) mass is 276 g/mol. The van der Waals surface area contributed by atoms with E-state index < -0.39 is 12.1 Å². The molecule has 18 heavy (non-hydrogen) atoms. The number of hydrogen-bond acceptors (Lipinski definition) is 2. The standard InChI is InChI=1S/C12H12ClF3N2/c13-11-3-1-9(2-4-11)5-6-18-8-10(7-17)12(14,15)16/h1-4,10,18H,5-6,8H2. The SMILES string of the molecule is N#CC(CNCCc1ccc(Cl)cc1)C(F)(F)F. The van der Waals surface area contributed by atoms with E-state index in [2.05, 4.69) is 5.32 Å². The fourth-order valence-electron chi connectivity index (χ4n) is 1.36. The highest BCUT2D eigenvalue weighted by Crippen LogP contribution is 2.24. The van der Waals surface area contributed by atoms with Gasteiger partial charge in [-0.15, -0.1) is 0 Å². The highest BCUT2D eigenvalue weighted by molar-refractivity contribution is 6.30. The molecule has 0 amide bonds. The van der Waals surface area contributed by atoms with Crippen LogP contribution in [0.2, 0.25) is 5.02 Å². The van der Waals surface area contributed by atoms with E-state index in [9.17, 15) is 13.2 Å². The fourth-order valence-corrected chi connectivity index (χ4v) is 1.49. The van der Waals surface area contributed by atoms with Crippen molar-refractivity contribution in [2.45, 2.75) is 12.6 Å². The minimum atomic E-state index is -4.47. The molecule has 0 bridgehead atoms. The van der Waals surface area contributed by atoms with E-state index in [1.807, 2.05) is 12.1 Å². The van der Waals surface area contributed by atoms with Gasteiger partial charge < -0.3 is 5.32 Å². The van der Waals surface area contributed by atoms with Crippen LogP contribution in [0.5, 0.6) is 0 Å². The summed E-state index contributed by atoms with van der Waals surface area (Å²) in [5.41, 5.74) is 0.979. The van der Waals surface area contributed by atoms with Crippen molar-refractivity contribution in [1.29, 1.82) is 5.26 Å². The van der Waals surface area contributed by atoms with Gasteiger partial charge in [0, 0.05) is 11.6 Å². The van der Waals surface area contributed by atoms with E-state index in [0.717, 1.165) is 5.56 Å². The molecule has 0 heterocycles. The van der Waals surface area contributed by atoms with Gasteiger partial charge in [0.15, 0.2) is 5.92 Å². The van der Waals surface area contributed by atoms with Gasteiger partial charge in [0.2, 0.25) is 0 Å². The van der Waals surface area contributed by atoms with Crippen molar-refractivity contribution in [3.8, 4) is 6.07 Å². The molecule has 0 aromatic heterocycles. The van der Waals surface area contributed by atoms with Crippen molar-refractivity contribution >= 4 is 11.6 Å². The lowest BCUT2D eigenvalue weighted by Crippen LogP contribution is -2.33. The number of hydrogen-bond donors (Lipinski definition) is 1. The predicted molar refractivity (Wildman–Crippen MR) is 63.2 cm³/mol. The van der Waals surface area contributed by atoms with Crippen LogP contribution in [0.3, 0.4) is 0 Å². The van der Waals surface area contributed by atoms with Crippen molar-refractivity contribution in [3.63, 3.8) is 0 Å². The van der Waals surface area contributed by atoms with Crippen LogP contribution in [-0.2, 0) is 6.42 Å². The summed E-state index contributed by atoms with van der Waals surface area (Å²) < 4.78 is 36.7. The highest BCUT2D eigenvalue weighted by atomic mass is 35.5. The Bertz CT molecular complexity index is 409. The average molecular weight is 277 g/mol. The Morgan fingerprint density at radius 1 is 1.28 bits per heavy atom. The molecule has 0 saturated heterocycles. The maximum absolute atomic E-state index is 12.2. The number of halogens is 4. The maximum Gasteiger partial charge on any atom is 0.405 e. The third-order valence-corrected chi connectivity index (χ3v) is 2.66. The van der Waals surface area contributed by atoms with Crippen LogP contribution in [0, 0.1) is 17.2 Å². The van der Waals surface area contributed by atoms with Gasteiger partial charge >= 0.3 is 6.18 Å². The number of nitrogens with zero attached hydrogens (tertiary/aromatic N) is 1. The summed E-state index contributed by atoms with van der Waals surface area (Å²) in [6.07, 6.45) is -3.88. The Morgan fingerprint density at radius 3 is 2.39 bits per heavy atom. The Morgan fingerprint density at radius 2 is 1.89 bits per heavy atom. The maximum atomic E-state index is 12.2. The lowest BCUT2D eigenvalue weighted by Gasteiger charge is -2.13. The number of benzene rings is 1. The molecule has 1 N–H and O–H groups in total. The van der Waals surface area contributed by atoms with Crippen LogP contribution in [-0.4, -0.2) is 19.3 Å². The molecule has 0 aliphatic heterocycles. The molecular weight excluding hydrogens is 265 g/mol. The van der Waals surface area contributed by atoms with Crippen LogP contribution in [0.4, 0.5) is 13.2 Å². The van der Waals surface area contributed by atoms with Crippen molar-refractivity contribution in [3.05, 3.63) is 34.9 Å². The van der Waals surface area contributed by atoms with Gasteiger partial charge in [0.25, 0.3) is 0 Å². The quantitative estimate of drug-likeness (QED) is 0.839. The minimum Gasteiger partial charge on any atom is -0.315 e. The smallest absolute Gasteiger partial charge is 0.315 e. The third kappa shape index (κ3) is 4.94. The van der Waals surface area contributed by atoms with Crippen LogP contribution in [0.25, 0.3) is 0 Å². The topological polar surface area (TPSA) is 35.8 Å². The predicted octanol–water partition coefficient (Wildman–Crippen LogP) is 3.17. The Labute approximate surface area is 108 Å². The molecule has 0 fully saturated rings.